The van der Waals surface area contributed by atoms with Gasteiger partial charge in [-0.2, -0.15) is 13.2 Å². The molecule has 0 bridgehead atoms. The Morgan fingerprint density at radius 1 is 1.00 bits per heavy atom. The number of nitrogens with two attached hydrogens (primary N) is 2. The Bertz CT molecular complexity index is 2570. The maximum atomic E-state index is 13.0. The standard InChI is InChI=1S/C34H45F3N8O2.C12H14N2OS.C10H19NO2.C2H6/c1-3-25(24-44(2)39)30-22-26(14-19-31(30)42-28-17-15-27(16-18-28)34(35,36)37)33(47)40-20-10-5-4-6-11-21-45-29(23-41-43-45)12-8-7-9-13-32(38)46;1-9-12(16-8-14-9)11-4-2-10(3-5-11)6-13-7-15;1-10(2,3)6-9(13)11-5-4-8(12)7-11;1-2/h3,14-19,22-24,42H,1,4-13,20-21,39H2,2H3,(H2,38,46)(H,40,47);2,4-5,7-8,10H,3,6H2,1H3,(H,13,15);8,12H,4-7H2,1-3H3;1-2H3/b25-24+;;;. The lowest BCUT2D eigenvalue weighted by atomic mass is 9.92. The Morgan fingerprint density at radius 2 is 1.71 bits per heavy atom. The average molecular weight is 1100 g/mol. The molecule has 2 atom stereocenters. The highest BCUT2D eigenvalue weighted by molar-refractivity contribution is 7.11. The summed E-state index contributed by atoms with van der Waals surface area (Å²) in [6.45, 7) is 19.3. The van der Waals surface area contributed by atoms with Gasteiger partial charge < -0.3 is 36.7 Å². The van der Waals surface area contributed by atoms with Gasteiger partial charge in [-0.1, -0.05) is 96.4 Å². The van der Waals surface area contributed by atoms with E-state index in [2.05, 4.69) is 76.8 Å². The molecule has 1 aliphatic carbocycles. The first-order valence-corrected chi connectivity index (χ1v) is 27.8. The lowest BCUT2D eigenvalue weighted by Gasteiger charge is -2.22. The molecule has 2 aromatic carbocycles. The summed E-state index contributed by atoms with van der Waals surface area (Å²) in [6.07, 6.45) is 18.7. The Kier molecular flexibility index (Phi) is 28.9. The minimum atomic E-state index is -4.43. The van der Waals surface area contributed by atoms with E-state index in [9.17, 15) is 37.5 Å². The van der Waals surface area contributed by atoms with Gasteiger partial charge in [0.05, 0.1) is 39.6 Å². The maximum Gasteiger partial charge on any atom is 0.416 e. The number of aromatic nitrogens is 4. The van der Waals surface area contributed by atoms with E-state index in [0.29, 0.717) is 66.5 Å². The number of thiazole rings is 1. The highest BCUT2D eigenvalue weighted by Crippen LogP contribution is 2.33. The van der Waals surface area contributed by atoms with Crippen molar-refractivity contribution in [3.63, 3.8) is 0 Å². The molecular formula is C58H84F3N11O5S. The summed E-state index contributed by atoms with van der Waals surface area (Å²) in [4.78, 5) is 52.9. The zero-order valence-electron chi connectivity index (χ0n) is 46.7. The van der Waals surface area contributed by atoms with Crippen LogP contribution < -0.4 is 27.5 Å². The summed E-state index contributed by atoms with van der Waals surface area (Å²) in [5.74, 6) is 5.93. The van der Waals surface area contributed by atoms with Crippen LogP contribution in [0.15, 0.2) is 91.3 Å². The minimum absolute atomic E-state index is 0.0463. The van der Waals surface area contributed by atoms with Gasteiger partial charge in [0.1, 0.15) is 0 Å². The second kappa shape index (κ2) is 34.3. The number of hydrazine groups is 1. The summed E-state index contributed by atoms with van der Waals surface area (Å²) in [5, 5.41) is 27.7. The number of unbranched alkanes of at least 4 members (excludes halogenated alkanes) is 6. The third-order valence-corrected chi connectivity index (χ3v) is 13.4. The normalized spacial score (nSPS) is 15.1. The van der Waals surface area contributed by atoms with Crippen LogP contribution in [0.3, 0.4) is 0 Å². The topological polar surface area (TPSA) is 227 Å². The number of nitrogens with zero attached hydrogens (tertiary/aromatic N) is 6. The minimum Gasteiger partial charge on any atom is -0.391 e. The number of likely N-dealkylation sites (tertiary alicyclic amines) is 1. The number of carbonyl (C=O) groups is 4. The molecule has 1 saturated heterocycles. The Balaban J connectivity index is 0.000000414. The molecule has 3 heterocycles. The number of primary amides is 1. The molecule has 0 radical (unpaired) electrons. The number of amides is 4. The number of nitrogens with one attached hydrogen (secondary N) is 3. The van der Waals surface area contributed by atoms with Crippen molar-refractivity contribution in [2.75, 3.05) is 38.5 Å². The van der Waals surface area contributed by atoms with Gasteiger partial charge in [-0.25, -0.2) is 15.5 Å². The zero-order valence-corrected chi connectivity index (χ0v) is 47.5. The second-order valence-corrected chi connectivity index (χ2v) is 21.1. The van der Waals surface area contributed by atoms with E-state index in [1.807, 2.05) is 31.0 Å². The molecule has 0 spiro atoms. The first-order chi connectivity index (χ1) is 37.2. The van der Waals surface area contributed by atoms with Crippen LogP contribution in [0.4, 0.5) is 24.5 Å². The molecule has 78 heavy (non-hydrogen) atoms. The number of alkyl halides is 3. The van der Waals surface area contributed by atoms with E-state index in [1.165, 1.54) is 27.6 Å². The number of aliphatic hydroxyl groups excluding tert-OH is 1. The molecule has 4 aromatic rings. The van der Waals surface area contributed by atoms with E-state index in [0.717, 1.165) is 114 Å². The first kappa shape index (κ1) is 65.6. The molecule has 2 unspecified atom stereocenters. The van der Waals surface area contributed by atoms with Gasteiger partial charge in [0.25, 0.3) is 5.91 Å². The summed E-state index contributed by atoms with van der Waals surface area (Å²) < 4.78 is 41.0. The van der Waals surface area contributed by atoms with Crippen molar-refractivity contribution in [1.29, 1.82) is 0 Å². The summed E-state index contributed by atoms with van der Waals surface area (Å²) in [6, 6.07) is 9.80. The molecule has 4 amide bonds. The highest BCUT2D eigenvalue weighted by Gasteiger charge is 2.30. The van der Waals surface area contributed by atoms with Gasteiger partial charge in [0.2, 0.25) is 18.2 Å². The number of aryl methyl sites for hydroxylation is 3. The molecule has 1 fully saturated rings. The number of hydrogen-bond acceptors (Lipinski definition) is 12. The van der Waals surface area contributed by atoms with Gasteiger partial charge in [0.15, 0.2) is 0 Å². The van der Waals surface area contributed by atoms with Crippen molar-refractivity contribution < 1.29 is 37.5 Å². The number of rotatable bonds is 25. The largest absolute Gasteiger partial charge is 0.416 e. The predicted octanol–water partition coefficient (Wildman–Crippen LogP) is 10.5. The average Bonchev–Trinajstić information content (AvgIpc) is 4.17. The van der Waals surface area contributed by atoms with Gasteiger partial charge >= 0.3 is 6.18 Å². The van der Waals surface area contributed by atoms with Crippen LogP contribution in [0.1, 0.15) is 149 Å². The lowest BCUT2D eigenvalue weighted by Crippen LogP contribution is -2.32. The van der Waals surface area contributed by atoms with Gasteiger partial charge in [0, 0.05) is 86.9 Å². The van der Waals surface area contributed by atoms with Crippen LogP contribution in [-0.4, -0.2) is 98.5 Å². The van der Waals surface area contributed by atoms with E-state index in [4.69, 9.17) is 11.6 Å². The second-order valence-electron chi connectivity index (χ2n) is 20.2. The molecule has 0 saturated carbocycles. The van der Waals surface area contributed by atoms with Crippen LogP contribution >= 0.6 is 11.3 Å². The smallest absolute Gasteiger partial charge is 0.391 e. The zero-order chi connectivity index (χ0) is 57.7. The molecular weight excluding hydrogens is 1020 g/mol. The third kappa shape index (κ3) is 24.4. The van der Waals surface area contributed by atoms with E-state index >= 15 is 0 Å². The number of allylic oxidation sites excluding steroid dienone is 5. The number of anilines is 2. The third-order valence-electron chi connectivity index (χ3n) is 12.4. The number of aliphatic hydroxyl groups is 1. The number of carbonyl (C=O) groups excluding carboxylic acids is 4. The van der Waals surface area contributed by atoms with E-state index in [-0.39, 0.29) is 29.2 Å². The Hall–Kier alpha value is -6.64. The van der Waals surface area contributed by atoms with Crippen LogP contribution in [0.5, 0.6) is 0 Å². The predicted molar refractivity (Wildman–Crippen MR) is 307 cm³/mol. The molecule has 2 aromatic heterocycles. The fraction of sp³-hybridized carbons (Fsp3) is 0.500. The van der Waals surface area contributed by atoms with Crippen molar-refractivity contribution in [3.8, 4) is 0 Å². The van der Waals surface area contributed by atoms with E-state index < -0.39 is 11.7 Å². The molecule has 8 N–H and O–H groups in total. The van der Waals surface area contributed by atoms with Crippen LogP contribution in [0.2, 0.25) is 0 Å². The summed E-state index contributed by atoms with van der Waals surface area (Å²) >= 11 is 1.67. The van der Waals surface area contributed by atoms with Gasteiger partial charge in [-0.3, -0.25) is 19.2 Å². The molecule has 16 nitrogen and oxygen atoms in total. The highest BCUT2D eigenvalue weighted by atomic mass is 32.1. The Morgan fingerprint density at radius 3 is 2.29 bits per heavy atom. The molecule has 1 aliphatic heterocycles. The Labute approximate surface area is 463 Å². The fourth-order valence-corrected chi connectivity index (χ4v) is 9.17. The van der Waals surface area contributed by atoms with Crippen molar-refractivity contribution in [3.05, 3.63) is 124 Å². The monoisotopic (exact) mass is 1100 g/mol. The van der Waals surface area contributed by atoms with Crippen LogP contribution in [-0.2, 0) is 33.5 Å². The van der Waals surface area contributed by atoms with Crippen molar-refractivity contribution in [2.45, 2.75) is 144 Å². The van der Waals surface area contributed by atoms with Crippen LogP contribution in [0, 0.1) is 18.3 Å². The molecule has 6 rings (SSSR count). The number of benzene rings is 2. The maximum absolute atomic E-state index is 13.0. The molecule has 428 valence electrons. The lowest BCUT2D eigenvalue weighted by molar-refractivity contribution is -0.137. The van der Waals surface area contributed by atoms with Crippen molar-refractivity contribution in [2.24, 2.45) is 22.9 Å². The number of hydrogen-bond donors (Lipinski definition) is 6. The number of halogens is 3. The van der Waals surface area contributed by atoms with Gasteiger partial charge in [-0.15, -0.1) is 16.4 Å². The summed E-state index contributed by atoms with van der Waals surface area (Å²) in [5.41, 5.74) is 12.5. The van der Waals surface area contributed by atoms with Gasteiger partial charge in [-0.05, 0) is 111 Å². The van der Waals surface area contributed by atoms with Crippen LogP contribution in [0.25, 0.3) is 11.1 Å². The van der Waals surface area contributed by atoms with E-state index in [1.54, 1.807) is 60.0 Å². The number of β-amino-alcohol motifs (C(OH)–C–C–N with tert-alkyl or cyclic N) is 1. The SMILES string of the molecule is C=C/C(=C\N(C)N)c1cc(C(=O)NCCCCCCCn2nncc2CCCCCC(N)=O)ccc1Nc1ccc(C(F)(F)F)cc1.CC.CC(C)(C)CC(=O)N1CCC(O)C1.Cc1ncsc1C1=CCC(CNC=O)C=C1. The first-order valence-electron chi connectivity index (χ1n) is 26.9. The summed E-state index contributed by atoms with van der Waals surface area (Å²) in [7, 11) is 1.65. The van der Waals surface area contributed by atoms with Crippen molar-refractivity contribution >= 4 is 58.0 Å². The molecule has 20 heteroatoms. The molecule has 2 aliphatic rings. The quantitative estimate of drug-likeness (QED) is 0.0120. The van der Waals surface area contributed by atoms with Crippen molar-refractivity contribution in [1.82, 2.24) is 40.5 Å². The fourth-order valence-electron chi connectivity index (χ4n) is 8.34.